The van der Waals surface area contributed by atoms with Gasteiger partial charge < -0.3 is 9.64 Å². The minimum atomic E-state index is -0.379. The molecule has 1 N–H and O–H groups in total. The predicted molar refractivity (Wildman–Crippen MR) is 91.9 cm³/mol. The molecule has 0 aliphatic carbocycles. The smallest absolute Gasteiger partial charge is 0.328 e. The number of thiophene rings is 1. The number of likely N-dealkylation sites (N-methyl/N-ethyl adjacent to an activating group) is 1. The Bertz CT molecular complexity index is 427. The highest BCUT2D eigenvalue weighted by Gasteiger charge is 2.24. The summed E-state index contributed by atoms with van der Waals surface area (Å²) in [7, 11) is 0. The summed E-state index contributed by atoms with van der Waals surface area (Å²) in [5.41, 5.74) is 0. The quantitative estimate of drug-likeness (QED) is 0.670. The predicted octanol–water partition coefficient (Wildman–Crippen LogP) is 3.35. The third-order valence-corrected chi connectivity index (χ3v) is 5.56. The molecule has 0 saturated carbocycles. The molecule has 0 aliphatic heterocycles. The molecule has 0 aromatic carbocycles. The molecular formula is C15H25BrN2O2S. The lowest BCUT2D eigenvalue weighted by molar-refractivity contribution is -0.145. The van der Waals surface area contributed by atoms with Crippen LogP contribution in [0.2, 0.25) is 0 Å². The molecule has 1 atom stereocenters. The Balaban J connectivity index is 2.71. The van der Waals surface area contributed by atoms with Gasteiger partial charge in [0.1, 0.15) is 6.04 Å². The van der Waals surface area contributed by atoms with E-state index in [9.17, 15) is 4.79 Å². The van der Waals surface area contributed by atoms with Crippen LogP contribution in [0.5, 0.6) is 0 Å². The first-order valence-corrected chi connectivity index (χ1v) is 9.02. The molecule has 0 radical (unpaired) electrons. The number of esters is 1. The van der Waals surface area contributed by atoms with Gasteiger partial charge in [0.25, 0.3) is 0 Å². The zero-order valence-corrected chi connectivity index (χ0v) is 15.6. The maximum absolute atomic E-state index is 12.2. The maximum Gasteiger partial charge on any atom is 0.328 e. The zero-order chi connectivity index (χ0) is 15.8. The fourth-order valence-corrected chi connectivity index (χ4v) is 3.68. The Morgan fingerprint density at radius 3 is 2.57 bits per heavy atom. The first-order valence-electron chi connectivity index (χ1n) is 7.41. The van der Waals surface area contributed by atoms with Gasteiger partial charge in [-0.05, 0) is 48.9 Å². The van der Waals surface area contributed by atoms with E-state index in [0.717, 1.165) is 35.5 Å². The van der Waals surface area contributed by atoms with Crippen LogP contribution in [0.3, 0.4) is 0 Å². The lowest BCUT2D eigenvalue weighted by Gasteiger charge is -2.21. The highest BCUT2D eigenvalue weighted by atomic mass is 79.9. The number of halogens is 1. The summed E-state index contributed by atoms with van der Waals surface area (Å²) in [6.07, 6.45) is 0. The normalized spacial score (nSPS) is 12.7. The molecule has 1 heterocycles. The molecular weight excluding hydrogens is 352 g/mol. The number of ether oxygens (including phenoxy) is 1. The van der Waals surface area contributed by atoms with Gasteiger partial charge in [0, 0.05) is 27.3 Å². The van der Waals surface area contributed by atoms with E-state index in [0.29, 0.717) is 6.61 Å². The second-order valence-corrected chi connectivity index (χ2v) is 6.86. The van der Waals surface area contributed by atoms with Crippen molar-refractivity contribution in [3.8, 4) is 0 Å². The topological polar surface area (TPSA) is 41.6 Å². The van der Waals surface area contributed by atoms with Crippen LogP contribution in [0.1, 0.15) is 36.6 Å². The number of carbonyl (C=O) groups is 1. The molecule has 1 aromatic heterocycles. The van der Waals surface area contributed by atoms with E-state index in [2.05, 4.69) is 40.0 Å². The van der Waals surface area contributed by atoms with Crippen LogP contribution in [0.15, 0.2) is 10.5 Å². The monoisotopic (exact) mass is 376 g/mol. The first kappa shape index (κ1) is 18.6. The van der Waals surface area contributed by atoms with E-state index in [1.165, 1.54) is 4.88 Å². The fraction of sp³-hybridized carbons (Fsp3) is 0.667. The van der Waals surface area contributed by atoms with E-state index in [1.807, 2.05) is 19.9 Å². The second kappa shape index (κ2) is 9.56. The lowest BCUT2D eigenvalue weighted by Crippen LogP contribution is -2.36. The molecule has 1 unspecified atom stereocenters. The van der Waals surface area contributed by atoms with Crippen molar-refractivity contribution in [3.63, 3.8) is 0 Å². The maximum atomic E-state index is 12.2. The summed E-state index contributed by atoms with van der Waals surface area (Å²) in [6.45, 7) is 12.3. The summed E-state index contributed by atoms with van der Waals surface area (Å²) < 4.78 is 6.24. The van der Waals surface area contributed by atoms with Gasteiger partial charge in [-0.25, -0.2) is 4.79 Å². The van der Waals surface area contributed by atoms with E-state index >= 15 is 0 Å². The van der Waals surface area contributed by atoms with Gasteiger partial charge in [0.05, 0.1) is 6.61 Å². The Morgan fingerprint density at radius 2 is 2.10 bits per heavy atom. The number of hydrogen-bond acceptors (Lipinski definition) is 5. The summed E-state index contributed by atoms with van der Waals surface area (Å²) in [5.74, 6) is -0.203. The van der Waals surface area contributed by atoms with Gasteiger partial charge in [-0.2, -0.15) is 0 Å². The minimum absolute atomic E-state index is 0.203. The van der Waals surface area contributed by atoms with Crippen LogP contribution in [0.4, 0.5) is 0 Å². The third-order valence-electron chi connectivity index (χ3n) is 3.35. The highest BCUT2D eigenvalue weighted by Crippen LogP contribution is 2.31. The van der Waals surface area contributed by atoms with Crippen LogP contribution in [-0.2, 0) is 9.53 Å². The molecule has 0 spiro atoms. The van der Waals surface area contributed by atoms with Crippen molar-refractivity contribution >= 4 is 33.2 Å². The van der Waals surface area contributed by atoms with Gasteiger partial charge in [-0.3, -0.25) is 5.32 Å². The van der Waals surface area contributed by atoms with Crippen molar-refractivity contribution in [2.24, 2.45) is 0 Å². The summed E-state index contributed by atoms with van der Waals surface area (Å²) in [5, 5.41) is 3.33. The molecule has 21 heavy (non-hydrogen) atoms. The van der Waals surface area contributed by atoms with E-state index in [4.69, 9.17) is 4.74 Å². The molecule has 0 aliphatic rings. The SMILES string of the molecule is CCOC(=O)C(NCCN(CC)CC)c1cc(Br)c(C)s1. The zero-order valence-electron chi connectivity index (χ0n) is 13.2. The highest BCUT2D eigenvalue weighted by molar-refractivity contribution is 9.10. The summed E-state index contributed by atoms with van der Waals surface area (Å²) in [4.78, 5) is 16.7. The van der Waals surface area contributed by atoms with E-state index in [-0.39, 0.29) is 12.0 Å². The van der Waals surface area contributed by atoms with Gasteiger partial charge in [-0.1, -0.05) is 13.8 Å². The molecule has 0 fully saturated rings. The van der Waals surface area contributed by atoms with Crippen molar-refractivity contribution in [2.45, 2.75) is 33.7 Å². The Kier molecular flexibility index (Phi) is 8.48. The lowest BCUT2D eigenvalue weighted by atomic mass is 10.2. The number of rotatable bonds is 9. The number of aryl methyl sites for hydroxylation is 1. The molecule has 6 heteroatoms. The number of hydrogen-bond donors (Lipinski definition) is 1. The van der Waals surface area contributed by atoms with Gasteiger partial charge in [0.2, 0.25) is 0 Å². The minimum Gasteiger partial charge on any atom is -0.465 e. The Hall–Kier alpha value is -0.430. The standard InChI is InChI=1S/C15H25BrN2O2S/c1-5-18(6-2)9-8-17-14(15(19)20-7-3)13-10-12(16)11(4)21-13/h10,14,17H,5-9H2,1-4H3. The van der Waals surface area contributed by atoms with Crippen LogP contribution >= 0.6 is 27.3 Å². The van der Waals surface area contributed by atoms with Crippen molar-refractivity contribution < 1.29 is 9.53 Å². The molecule has 1 aromatic rings. The number of carbonyl (C=O) groups excluding carboxylic acids is 1. The van der Waals surface area contributed by atoms with Crippen molar-refractivity contribution in [3.05, 3.63) is 20.3 Å². The van der Waals surface area contributed by atoms with Crippen LogP contribution in [0, 0.1) is 6.92 Å². The number of nitrogens with zero attached hydrogens (tertiary/aromatic N) is 1. The van der Waals surface area contributed by atoms with E-state index in [1.54, 1.807) is 11.3 Å². The summed E-state index contributed by atoms with van der Waals surface area (Å²) in [6, 6.07) is 1.63. The van der Waals surface area contributed by atoms with Gasteiger partial charge >= 0.3 is 5.97 Å². The van der Waals surface area contributed by atoms with Crippen LogP contribution < -0.4 is 5.32 Å². The first-order chi connectivity index (χ1) is 10.0. The van der Waals surface area contributed by atoms with Crippen molar-refractivity contribution in [1.82, 2.24) is 10.2 Å². The molecule has 1 rings (SSSR count). The third kappa shape index (κ3) is 5.70. The molecule has 120 valence electrons. The fourth-order valence-electron chi connectivity index (χ4n) is 2.06. The Labute approximate surface area is 140 Å². The summed E-state index contributed by atoms with van der Waals surface area (Å²) >= 11 is 5.13. The van der Waals surface area contributed by atoms with Crippen molar-refractivity contribution in [1.29, 1.82) is 0 Å². The molecule has 0 bridgehead atoms. The van der Waals surface area contributed by atoms with Crippen LogP contribution in [0.25, 0.3) is 0 Å². The Morgan fingerprint density at radius 1 is 1.43 bits per heavy atom. The molecule has 0 amide bonds. The van der Waals surface area contributed by atoms with Crippen molar-refractivity contribution in [2.75, 3.05) is 32.8 Å². The average Bonchev–Trinajstić information content (AvgIpc) is 2.78. The van der Waals surface area contributed by atoms with Gasteiger partial charge in [0.15, 0.2) is 0 Å². The average molecular weight is 377 g/mol. The second-order valence-electron chi connectivity index (χ2n) is 4.72. The van der Waals surface area contributed by atoms with Crippen LogP contribution in [-0.4, -0.2) is 43.7 Å². The molecule has 0 saturated heterocycles. The largest absolute Gasteiger partial charge is 0.465 e. The number of nitrogens with one attached hydrogen (secondary N) is 1. The van der Waals surface area contributed by atoms with Gasteiger partial charge in [-0.15, -0.1) is 11.3 Å². The molecule has 4 nitrogen and oxygen atoms in total. The van der Waals surface area contributed by atoms with E-state index < -0.39 is 0 Å².